The number of benzene rings is 1. The standard InChI is InChI=1S/C19H32FNO/c1-2-3-4-5-6-7-8-17-9-11-18(12-10-17)13-14-19(21,15-20)16-22/h9-12,22H,2-8,13-16,21H2,1H3/t19-/m0/s1. The van der Waals surface area contributed by atoms with Gasteiger partial charge in [-0.15, -0.1) is 0 Å². The van der Waals surface area contributed by atoms with Crippen molar-refractivity contribution in [3.8, 4) is 0 Å². The third-order valence-corrected chi connectivity index (χ3v) is 4.33. The molecule has 126 valence electrons. The van der Waals surface area contributed by atoms with Gasteiger partial charge in [-0.3, -0.25) is 0 Å². The number of alkyl halides is 1. The van der Waals surface area contributed by atoms with Crippen LogP contribution in [0.15, 0.2) is 24.3 Å². The average Bonchev–Trinajstić information content (AvgIpc) is 2.57. The van der Waals surface area contributed by atoms with Crippen LogP contribution in [0, 0.1) is 0 Å². The Kier molecular flexibility index (Phi) is 9.33. The Balaban J connectivity index is 2.28. The van der Waals surface area contributed by atoms with Crippen molar-refractivity contribution < 1.29 is 9.50 Å². The number of hydrogen-bond acceptors (Lipinski definition) is 2. The molecule has 0 saturated carbocycles. The largest absolute Gasteiger partial charge is 0.394 e. The maximum atomic E-state index is 12.8. The fourth-order valence-corrected chi connectivity index (χ4v) is 2.56. The SMILES string of the molecule is CCCCCCCCc1ccc(CC[C@@](N)(CO)CF)cc1. The molecule has 0 aliphatic rings. The summed E-state index contributed by atoms with van der Waals surface area (Å²) in [4.78, 5) is 0. The minimum absolute atomic E-state index is 0.306. The van der Waals surface area contributed by atoms with Crippen LogP contribution in [0.3, 0.4) is 0 Å². The van der Waals surface area contributed by atoms with Crippen LogP contribution in [0.25, 0.3) is 0 Å². The summed E-state index contributed by atoms with van der Waals surface area (Å²) < 4.78 is 12.8. The van der Waals surface area contributed by atoms with Crippen molar-refractivity contribution in [3.63, 3.8) is 0 Å². The number of rotatable bonds is 12. The fraction of sp³-hybridized carbons (Fsp3) is 0.684. The van der Waals surface area contributed by atoms with Crippen molar-refractivity contribution >= 4 is 0 Å². The van der Waals surface area contributed by atoms with Gasteiger partial charge in [-0.05, 0) is 36.8 Å². The quantitative estimate of drug-likeness (QED) is 0.569. The molecule has 1 aromatic carbocycles. The van der Waals surface area contributed by atoms with E-state index in [9.17, 15) is 4.39 Å². The molecule has 0 aromatic heterocycles. The molecule has 0 amide bonds. The summed E-state index contributed by atoms with van der Waals surface area (Å²) in [6.07, 6.45) is 10.2. The minimum atomic E-state index is -1.09. The summed E-state index contributed by atoms with van der Waals surface area (Å²) in [6, 6.07) is 8.52. The Labute approximate surface area is 134 Å². The van der Waals surface area contributed by atoms with Gasteiger partial charge in [0.05, 0.1) is 12.1 Å². The second kappa shape index (κ2) is 10.7. The number of nitrogens with two attached hydrogens (primary N) is 1. The highest BCUT2D eigenvalue weighted by Crippen LogP contribution is 2.15. The smallest absolute Gasteiger partial charge is 0.110 e. The van der Waals surface area contributed by atoms with Crippen LogP contribution in [0.2, 0.25) is 0 Å². The van der Waals surface area contributed by atoms with E-state index >= 15 is 0 Å². The number of unbranched alkanes of at least 4 members (excludes halogenated alkanes) is 5. The monoisotopic (exact) mass is 309 g/mol. The third-order valence-electron chi connectivity index (χ3n) is 4.33. The van der Waals surface area contributed by atoms with Crippen LogP contribution in [-0.2, 0) is 12.8 Å². The number of aliphatic hydroxyl groups excluding tert-OH is 1. The van der Waals surface area contributed by atoms with E-state index in [-0.39, 0.29) is 6.61 Å². The molecule has 0 fully saturated rings. The topological polar surface area (TPSA) is 46.2 Å². The van der Waals surface area contributed by atoms with E-state index < -0.39 is 12.2 Å². The van der Waals surface area contributed by atoms with E-state index in [1.54, 1.807) is 0 Å². The number of aryl methyl sites for hydroxylation is 2. The zero-order valence-corrected chi connectivity index (χ0v) is 14.0. The van der Waals surface area contributed by atoms with Gasteiger partial charge in [0, 0.05) is 0 Å². The van der Waals surface area contributed by atoms with Gasteiger partial charge in [-0.2, -0.15) is 0 Å². The molecule has 0 saturated heterocycles. The first-order valence-electron chi connectivity index (χ1n) is 8.67. The first kappa shape index (κ1) is 19.1. The predicted molar refractivity (Wildman–Crippen MR) is 91.8 cm³/mol. The van der Waals surface area contributed by atoms with Crippen molar-refractivity contribution in [2.45, 2.75) is 70.3 Å². The summed E-state index contributed by atoms with van der Waals surface area (Å²) in [7, 11) is 0. The van der Waals surface area contributed by atoms with Crippen LogP contribution >= 0.6 is 0 Å². The Morgan fingerprint density at radius 1 is 0.955 bits per heavy atom. The molecule has 1 aromatic rings. The first-order chi connectivity index (χ1) is 10.6. The molecule has 2 nitrogen and oxygen atoms in total. The summed E-state index contributed by atoms with van der Waals surface area (Å²) in [5, 5.41) is 9.12. The van der Waals surface area contributed by atoms with Gasteiger partial charge in [0.1, 0.15) is 6.67 Å². The number of hydrogen-bond donors (Lipinski definition) is 2. The molecule has 0 spiro atoms. The average molecular weight is 309 g/mol. The number of aliphatic hydroxyl groups is 1. The first-order valence-corrected chi connectivity index (χ1v) is 8.67. The van der Waals surface area contributed by atoms with Crippen molar-refractivity contribution in [1.29, 1.82) is 0 Å². The van der Waals surface area contributed by atoms with E-state index in [0.717, 1.165) is 12.0 Å². The van der Waals surface area contributed by atoms with Gasteiger partial charge in [-0.25, -0.2) is 4.39 Å². The maximum absolute atomic E-state index is 12.8. The van der Waals surface area contributed by atoms with Gasteiger partial charge >= 0.3 is 0 Å². The predicted octanol–water partition coefficient (Wildman–Crippen LogP) is 4.18. The molecule has 1 rings (SSSR count). The molecular weight excluding hydrogens is 277 g/mol. The molecule has 3 N–H and O–H groups in total. The highest BCUT2D eigenvalue weighted by molar-refractivity contribution is 5.23. The van der Waals surface area contributed by atoms with Gasteiger partial charge < -0.3 is 10.8 Å². The molecule has 0 heterocycles. The molecule has 3 heteroatoms. The highest BCUT2D eigenvalue weighted by Gasteiger charge is 2.23. The van der Waals surface area contributed by atoms with E-state index in [1.165, 1.54) is 44.1 Å². The van der Waals surface area contributed by atoms with Crippen LogP contribution in [0.1, 0.15) is 63.0 Å². The second-order valence-corrected chi connectivity index (χ2v) is 6.49. The zero-order valence-electron chi connectivity index (χ0n) is 14.0. The van der Waals surface area contributed by atoms with Gasteiger partial charge in [0.25, 0.3) is 0 Å². The summed E-state index contributed by atoms with van der Waals surface area (Å²) in [5.41, 5.74) is 7.20. The molecule has 0 radical (unpaired) electrons. The summed E-state index contributed by atoms with van der Waals surface area (Å²) >= 11 is 0. The van der Waals surface area contributed by atoms with E-state index in [4.69, 9.17) is 10.8 Å². The van der Waals surface area contributed by atoms with Crippen LogP contribution in [-0.4, -0.2) is 23.9 Å². The van der Waals surface area contributed by atoms with Crippen molar-refractivity contribution in [1.82, 2.24) is 0 Å². The Bertz CT molecular complexity index is 387. The molecule has 0 bridgehead atoms. The van der Waals surface area contributed by atoms with E-state index in [1.807, 2.05) is 0 Å². The lowest BCUT2D eigenvalue weighted by atomic mass is 9.94. The van der Waals surface area contributed by atoms with Crippen molar-refractivity contribution in [2.24, 2.45) is 5.73 Å². The molecule has 0 aliphatic carbocycles. The molecule has 22 heavy (non-hydrogen) atoms. The lowest BCUT2D eigenvalue weighted by molar-refractivity contribution is 0.157. The Morgan fingerprint density at radius 2 is 1.50 bits per heavy atom. The van der Waals surface area contributed by atoms with Crippen molar-refractivity contribution in [2.75, 3.05) is 13.3 Å². The van der Waals surface area contributed by atoms with Crippen LogP contribution < -0.4 is 5.73 Å². The van der Waals surface area contributed by atoms with Gasteiger partial charge in [-0.1, -0.05) is 63.3 Å². The zero-order chi connectivity index (χ0) is 16.3. The van der Waals surface area contributed by atoms with Crippen molar-refractivity contribution in [3.05, 3.63) is 35.4 Å². The Morgan fingerprint density at radius 3 is 2.05 bits per heavy atom. The molecular formula is C19H32FNO. The van der Waals surface area contributed by atoms with E-state index in [0.29, 0.717) is 12.8 Å². The van der Waals surface area contributed by atoms with E-state index in [2.05, 4.69) is 31.2 Å². The second-order valence-electron chi connectivity index (χ2n) is 6.49. The van der Waals surface area contributed by atoms with Gasteiger partial charge in [0.2, 0.25) is 0 Å². The fourth-order valence-electron chi connectivity index (χ4n) is 2.56. The lowest BCUT2D eigenvalue weighted by Crippen LogP contribution is -2.46. The summed E-state index contributed by atoms with van der Waals surface area (Å²) in [6.45, 7) is 1.25. The highest BCUT2D eigenvalue weighted by atomic mass is 19.1. The lowest BCUT2D eigenvalue weighted by Gasteiger charge is -2.23. The van der Waals surface area contributed by atoms with Gasteiger partial charge in [0.15, 0.2) is 0 Å². The number of halogens is 1. The molecule has 0 aliphatic heterocycles. The third kappa shape index (κ3) is 7.37. The van der Waals surface area contributed by atoms with Crippen LogP contribution in [0.5, 0.6) is 0 Å². The summed E-state index contributed by atoms with van der Waals surface area (Å²) in [5.74, 6) is 0. The molecule has 0 unspecified atom stereocenters. The normalized spacial score (nSPS) is 14.0. The maximum Gasteiger partial charge on any atom is 0.110 e. The minimum Gasteiger partial charge on any atom is -0.394 e. The van der Waals surface area contributed by atoms with Crippen LogP contribution in [0.4, 0.5) is 4.39 Å². The Hall–Kier alpha value is -0.930. The molecule has 1 atom stereocenters.